The van der Waals surface area contributed by atoms with Gasteiger partial charge in [-0.3, -0.25) is 0 Å². The van der Waals surface area contributed by atoms with E-state index in [9.17, 15) is 0 Å². The standard InChI is InChI=1S/C24H23N/c1-17(21-15-7-11-19-9-3-5-13-23(19)21)25-18(2)22-16-8-12-20-10-4-6-14-24(20)22/h3-18,25H,1-2H3/t17-,18?/m0/s1. The number of fused-ring (bicyclic) bond motifs is 2. The second-order valence-electron chi connectivity index (χ2n) is 6.75. The largest absolute Gasteiger partial charge is 0.304 e. The van der Waals surface area contributed by atoms with Crippen LogP contribution in [0.25, 0.3) is 21.5 Å². The van der Waals surface area contributed by atoms with Gasteiger partial charge in [-0.05, 0) is 46.5 Å². The third kappa shape index (κ3) is 3.04. The molecule has 1 N–H and O–H groups in total. The van der Waals surface area contributed by atoms with E-state index >= 15 is 0 Å². The Hall–Kier alpha value is -2.64. The smallest absolute Gasteiger partial charge is 0.0303 e. The van der Waals surface area contributed by atoms with Gasteiger partial charge in [-0.15, -0.1) is 0 Å². The lowest BCUT2D eigenvalue weighted by Crippen LogP contribution is -2.22. The highest BCUT2D eigenvalue weighted by molar-refractivity contribution is 5.87. The number of hydrogen-bond donors (Lipinski definition) is 1. The monoisotopic (exact) mass is 325 g/mol. The number of hydrogen-bond acceptors (Lipinski definition) is 1. The van der Waals surface area contributed by atoms with E-state index in [1.54, 1.807) is 0 Å². The minimum absolute atomic E-state index is 0.278. The quantitative estimate of drug-likeness (QED) is 0.457. The lowest BCUT2D eigenvalue weighted by Gasteiger charge is -2.23. The van der Waals surface area contributed by atoms with E-state index in [2.05, 4.69) is 104 Å². The molecule has 0 fully saturated rings. The first kappa shape index (κ1) is 15.9. The molecular formula is C24H23N. The molecule has 4 rings (SSSR count). The van der Waals surface area contributed by atoms with E-state index in [0.29, 0.717) is 0 Å². The van der Waals surface area contributed by atoms with Crippen molar-refractivity contribution in [3.05, 3.63) is 96.1 Å². The maximum Gasteiger partial charge on any atom is 0.0303 e. The highest BCUT2D eigenvalue weighted by Gasteiger charge is 2.14. The Bertz CT molecular complexity index is 925. The Balaban J connectivity index is 1.66. The Kier molecular flexibility index (Phi) is 4.25. The molecule has 0 saturated carbocycles. The minimum Gasteiger partial charge on any atom is -0.304 e. The molecule has 0 spiro atoms. The first-order chi connectivity index (χ1) is 12.2. The maximum absolute atomic E-state index is 3.80. The second-order valence-corrected chi connectivity index (χ2v) is 6.75. The van der Waals surface area contributed by atoms with Gasteiger partial charge < -0.3 is 5.32 Å². The third-order valence-corrected chi connectivity index (χ3v) is 5.08. The van der Waals surface area contributed by atoms with Crippen molar-refractivity contribution in [2.24, 2.45) is 0 Å². The molecule has 0 heterocycles. The van der Waals surface area contributed by atoms with Crippen molar-refractivity contribution < 1.29 is 0 Å². The zero-order valence-corrected chi connectivity index (χ0v) is 14.7. The number of benzene rings is 4. The van der Waals surface area contributed by atoms with Gasteiger partial charge in [0.15, 0.2) is 0 Å². The lowest BCUT2D eigenvalue weighted by atomic mass is 9.96. The molecule has 1 unspecified atom stereocenters. The highest BCUT2D eigenvalue weighted by atomic mass is 14.9. The molecule has 25 heavy (non-hydrogen) atoms. The van der Waals surface area contributed by atoms with Gasteiger partial charge in [-0.25, -0.2) is 0 Å². The molecule has 0 saturated heterocycles. The van der Waals surface area contributed by atoms with E-state index in [-0.39, 0.29) is 12.1 Å². The van der Waals surface area contributed by atoms with Crippen LogP contribution in [0, 0.1) is 0 Å². The Morgan fingerprint density at radius 2 is 0.920 bits per heavy atom. The van der Waals surface area contributed by atoms with Crippen molar-refractivity contribution in [2.45, 2.75) is 25.9 Å². The molecule has 124 valence electrons. The Morgan fingerprint density at radius 1 is 0.520 bits per heavy atom. The van der Waals surface area contributed by atoms with Crippen molar-refractivity contribution in [3.63, 3.8) is 0 Å². The van der Waals surface area contributed by atoms with Gasteiger partial charge in [0.2, 0.25) is 0 Å². The molecule has 2 atom stereocenters. The predicted molar refractivity (Wildman–Crippen MR) is 108 cm³/mol. The van der Waals surface area contributed by atoms with Crippen LogP contribution in [0.4, 0.5) is 0 Å². The van der Waals surface area contributed by atoms with Crippen LogP contribution in [0.15, 0.2) is 84.9 Å². The van der Waals surface area contributed by atoms with E-state index in [0.717, 1.165) is 0 Å². The molecule has 1 heteroatoms. The molecule has 0 bridgehead atoms. The SMILES string of the molecule is CC(N[C@@H](C)c1cccc2ccccc12)c1cccc2ccccc12. The van der Waals surface area contributed by atoms with Crippen LogP contribution in [-0.4, -0.2) is 0 Å². The van der Waals surface area contributed by atoms with Crippen molar-refractivity contribution in [1.29, 1.82) is 0 Å². The van der Waals surface area contributed by atoms with Gasteiger partial charge in [-0.1, -0.05) is 84.9 Å². The van der Waals surface area contributed by atoms with E-state index < -0.39 is 0 Å². The van der Waals surface area contributed by atoms with Crippen LogP contribution < -0.4 is 5.32 Å². The first-order valence-electron chi connectivity index (χ1n) is 8.95. The molecule has 0 amide bonds. The van der Waals surface area contributed by atoms with Gasteiger partial charge in [0.25, 0.3) is 0 Å². The van der Waals surface area contributed by atoms with Gasteiger partial charge in [-0.2, -0.15) is 0 Å². The predicted octanol–water partition coefficient (Wildman–Crippen LogP) is 6.40. The summed E-state index contributed by atoms with van der Waals surface area (Å²) in [6.07, 6.45) is 0. The fraction of sp³-hybridized carbons (Fsp3) is 0.167. The summed E-state index contributed by atoms with van der Waals surface area (Å²) in [5.41, 5.74) is 2.70. The molecular weight excluding hydrogens is 302 g/mol. The topological polar surface area (TPSA) is 12.0 Å². The second kappa shape index (κ2) is 6.70. The van der Waals surface area contributed by atoms with E-state index in [4.69, 9.17) is 0 Å². The number of nitrogens with one attached hydrogen (secondary N) is 1. The zero-order valence-electron chi connectivity index (χ0n) is 14.7. The summed E-state index contributed by atoms with van der Waals surface area (Å²) in [4.78, 5) is 0. The summed E-state index contributed by atoms with van der Waals surface area (Å²) in [7, 11) is 0. The average Bonchev–Trinajstić information content (AvgIpc) is 2.67. The first-order valence-corrected chi connectivity index (χ1v) is 8.95. The van der Waals surface area contributed by atoms with Crippen LogP contribution >= 0.6 is 0 Å². The minimum atomic E-state index is 0.278. The number of rotatable bonds is 4. The third-order valence-electron chi connectivity index (χ3n) is 5.08. The normalized spacial score (nSPS) is 13.8. The summed E-state index contributed by atoms with van der Waals surface area (Å²) in [5, 5.41) is 9.05. The van der Waals surface area contributed by atoms with Gasteiger partial charge in [0, 0.05) is 12.1 Å². The Morgan fingerprint density at radius 3 is 1.40 bits per heavy atom. The highest BCUT2D eigenvalue weighted by Crippen LogP contribution is 2.29. The van der Waals surface area contributed by atoms with Gasteiger partial charge in [0.1, 0.15) is 0 Å². The van der Waals surface area contributed by atoms with Crippen molar-refractivity contribution in [2.75, 3.05) is 0 Å². The summed E-state index contributed by atoms with van der Waals surface area (Å²) < 4.78 is 0. The maximum atomic E-state index is 3.80. The molecule has 1 nitrogen and oxygen atoms in total. The molecule has 0 aliphatic rings. The van der Waals surface area contributed by atoms with Crippen LogP contribution in [0.3, 0.4) is 0 Å². The van der Waals surface area contributed by atoms with Gasteiger partial charge in [0.05, 0.1) is 0 Å². The zero-order chi connectivity index (χ0) is 17.2. The Labute approximate surface area is 149 Å². The average molecular weight is 325 g/mol. The van der Waals surface area contributed by atoms with E-state index in [1.807, 2.05) is 0 Å². The fourth-order valence-electron chi connectivity index (χ4n) is 3.81. The van der Waals surface area contributed by atoms with Gasteiger partial charge >= 0.3 is 0 Å². The van der Waals surface area contributed by atoms with E-state index in [1.165, 1.54) is 32.7 Å². The van der Waals surface area contributed by atoms with Crippen molar-refractivity contribution in [3.8, 4) is 0 Å². The van der Waals surface area contributed by atoms with Crippen LogP contribution in [0.1, 0.15) is 37.1 Å². The molecule has 0 aliphatic carbocycles. The van der Waals surface area contributed by atoms with Crippen LogP contribution in [0.2, 0.25) is 0 Å². The molecule has 0 aromatic heterocycles. The van der Waals surface area contributed by atoms with Crippen molar-refractivity contribution in [1.82, 2.24) is 5.32 Å². The fourth-order valence-corrected chi connectivity index (χ4v) is 3.81. The van der Waals surface area contributed by atoms with Crippen LogP contribution in [-0.2, 0) is 0 Å². The lowest BCUT2D eigenvalue weighted by molar-refractivity contribution is 0.499. The summed E-state index contributed by atoms with van der Waals surface area (Å²) in [6.45, 7) is 4.51. The summed E-state index contributed by atoms with van der Waals surface area (Å²) in [6, 6.07) is 30.9. The molecule has 4 aromatic rings. The molecule has 0 radical (unpaired) electrons. The van der Waals surface area contributed by atoms with Crippen molar-refractivity contribution >= 4 is 21.5 Å². The summed E-state index contributed by atoms with van der Waals surface area (Å²) >= 11 is 0. The molecule has 0 aliphatic heterocycles. The summed E-state index contributed by atoms with van der Waals surface area (Å²) in [5.74, 6) is 0. The molecule has 4 aromatic carbocycles. The van der Waals surface area contributed by atoms with Crippen LogP contribution in [0.5, 0.6) is 0 Å².